The zero-order chi connectivity index (χ0) is 25.9. The van der Waals surface area contributed by atoms with Gasteiger partial charge in [0.2, 0.25) is 21.8 Å². The normalized spacial score (nSPS) is 19.4. The lowest BCUT2D eigenvalue weighted by Crippen LogP contribution is -2.50. The Kier molecular flexibility index (Phi) is 7.75. The van der Waals surface area contributed by atoms with Crippen molar-refractivity contribution < 1.29 is 27.5 Å². The molecule has 2 aromatic rings. The molecule has 2 aliphatic rings. The lowest BCUT2D eigenvalue weighted by molar-refractivity contribution is -0.122. The second-order valence-corrected chi connectivity index (χ2v) is 11.0. The molecule has 10 heteroatoms. The van der Waals surface area contributed by atoms with E-state index in [0.29, 0.717) is 30.0 Å². The van der Waals surface area contributed by atoms with Crippen LogP contribution in [0.25, 0.3) is 0 Å². The maximum Gasteiger partial charge on any atom is 0.252 e. The molecule has 0 bridgehead atoms. The highest BCUT2D eigenvalue weighted by Gasteiger charge is 2.49. The van der Waals surface area contributed by atoms with Gasteiger partial charge in [-0.25, -0.2) is 13.3 Å². The molecule has 1 unspecified atom stereocenters. The molecule has 0 radical (unpaired) electrons. The van der Waals surface area contributed by atoms with E-state index in [9.17, 15) is 22.8 Å². The lowest BCUT2D eigenvalue weighted by atomic mass is 10.1. The number of anilines is 2. The highest BCUT2D eigenvalue weighted by molar-refractivity contribution is 7.89. The quantitative estimate of drug-likeness (QED) is 0.446. The van der Waals surface area contributed by atoms with Gasteiger partial charge in [-0.1, -0.05) is 25.7 Å². The molecule has 1 aliphatic heterocycles. The van der Waals surface area contributed by atoms with Gasteiger partial charge in [-0.05, 0) is 61.4 Å². The number of carbonyl (C=O) groups excluding carboxylic acids is 3. The number of rotatable bonds is 7. The molecule has 1 saturated carbocycles. The number of nitrogens with zero attached hydrogens (tertiary/aromatic N) is 2. The van der Waals surface area contributed by atoms with Crippen molar-refractivity contribution in [2.75, 3.05) is 17.3 Å². The number of carbonyl (C=O) groups is 3. The predicted octanol–water partition coefficient (Wildman–Crippen LogP) is 3.70. The summed E-state index contributed by atoms with van der Waals surface area (Å²) in [5, 5.41) is 2.64. The second-order valence-electron chi connectivity index (χ2n) is 9.17. The number of ether oxygens (including phenoxy) is 1. The summed E-state index contributed by atoms with van der Waals surface area (Å²) in [6.07, 6.45) is 4.80. The molecule has 2 aromatic carbocycles. The minimum atomic E-state index is -4.08. The van der Waals surface area contributed by atoms with Crippen LogP contribution in [0, 0.1) is 0 Å². The van der Waals surface area contributed by atoms with Gasteiger partial charge in [0.25, 0.3) is 5.91 Å². The van der Waals surface area contributed by atoms with E-state index in [1.165, 1.54) is 30.5 Å². The fraction of sp³-hybridized carbons (Fsp3) is 0.423. The Labute approximate surface area is 211 Å². The first-order chi connectivity index (χ1) is 17.2. The van der Waals surface area contributed by atoms with Crippen molar-refractivity contribution in [2.24, 2.45) is 0 Å². The molecule has 9 nitrogen and oxygen atoms in total. The first-order valence-corrected chi connectivity index (χ1v) is 13.6. The number of benzene rings is 2. The molecule has 4 rings (SSSR count). The monoisotopic (exact) mass is 513 g/mol. The van der Waals surface area contributed by atoms with Crippen LogP contribution in [0.3, 0.4) is 0 Å². The summed E-state index contributed by atoms with van der Waals surface area (Å²) in [5.41, 5.74) is 0.869. The fourth-order valence-electron chi connectivity index (χ4n) is 4.98. The van der Waals surface area contributed by atoms with Gasteiger partial charge in [0.05, 0.1) is 24.1 Å². The smallest absolute Gasteiger partial charge is 0.252 e. The Bertz CT molecular complexity index is 1220. The van der Waals surface area contributed by atoms with Gasteiger partial charge >= 0.3 is 0 Å². The Hall–Kier alpha value is -3.24. The van der Waals surface area contributed by atoms with Crippen LogP contribution in [0.5, 0.6) is 5.75 Å². The van der Waals surface area contributed by atoms with Gasteiger partial charge in [0, 0.05) is 18.7 Å². The van der Waals surface area contributed by atoms with Gasteiger partial charge < -0.3 is 10.1 Å². The van der Waals surface area contributed by atoms with Crippen molar-refractivity contribution in [1.82, 2.24) is 4.31 Å². The summed E-state index contributed by atoms with van der Waals surface area (Å²) < 4.78 is 34.3. The van der Waals surface area contributed by atoms with Crippen LogP contribution in [0.15, 0.2) is 53.4 Å². The number of nitrogens with one attached hydrogen (secondary N) is 1. The lowest BCUT2D eigenvalue weighted by Gasteiger charge is -2.33. The van der Waals surface area contributed by atoms with Gasteiger partial charge in [-0.2, -0.15) is 4.31 Å². The van der Waals surface area contributed by atoms with E-state index in [0.717, 1.165) is 30.6 Å². The Morgan fingerprint density at radius 1 is 0.972 bits per heavy atom. The topological polar surface area (TPSA) is 113 Å². The van der Waals surface area contributed by atoms with Gasteiger partial charge in [-0.15, -0.1) is 0 Å². The van der Waals surface area contributed by atoms with Crippen molar-refractivity contribution in [3.63, 3.8) is 0 Å². The average molecular weight is 514 g/mol. The van der Waals surface area contributed by atoms with Gasteiger partial charge in [0.15, 0.2) is 0 Å². The number of methoxy groups -OCH3 is 1. The summed E-state index contributed by atoms with van der Waals surface area (Å²) >= 11 is 0. The zero-order valence-electron chi connectivity index (χ0n) is 20.5. The summed E-state index contributed by atoms with van der Waals surface area (Å²) in [6, 6.07) is 10.9. The van der Waals surface area contributed by atoms with Crippen LogP contribution in [-0.4, -0.2) is 49.6 Å². The summed E-state index contributed by atoms with van der Waals surface area (Å²) in [7, 11) is -2.58. The average Bonchev–Trinajstić information content (AvgIpc) is 3.01. The molecular formula is C26H31N3O6S. The Morgan fingerprint density at radius 3 is 2.14 bits per heavy atom. The Morgan fingerprint density at radius 2 is 1.58 bits per heavy atom. The fourth-order valence-corrected chi connectivity index (χ4v) is 6.81. The van der Waals surface area contributed by atoms with Crippen molar-refractivity contribution in [3.8, 4) is 5.75 Å². The predicted molar refractivity (Wildman–Crippen MR) is 135 cm³/mol. The van der Waals surface area contributed by atoms with Gasteiger partial charge in [-0.3, -0.25) is 14.4 Å². The highest BCUT2D eigenvalue weighted by atomic mass is 32.2. The zero-order valence-corrected chi connectivity index (χ0v) is 21.3. The molecule has 192 valence electrons. The highest BCUT2D eigenvalue weighted by Crippen LogP contribution is 2.35. The molecule has 0 aromatic heterocycles. The van der Waals surface area contributed by atoms with Crippen LogP contribution >= 0.6 is 0 Å². The van der Waals surface area contributed by atoms with Crippen molar-refractivity contribution in [1.29, 1.82) is 0 Å². The standard InChI is InChI=1S/C26H31N3O6S/c1-18(30)27-19-9-11-20(12-10-19)28-25(31)17-24(26(28)32)29(21-7-5-3-4-6-8-21)36(33,34)23-15-13-22(35-2)14-16-23/h9-16,21,24H,3-8,17H2,1-2H3,(H,27,30). The molecule has 36 heavy (non-hydrogen) atoms. The summed E-state index contributed by atoms with van der Waals surface area (Å²) in [4.78, 5) is 39.1. The number of hydrogen-bond acceptors (Lipinski definition) is 6. The molecule has 1 atom stereocenters. The molecule has 2 fully saturated rings. The first-order valence-electron chi connectivity index (χ1n) is 12.1. The number of amides is 3. The minimum Gasteiger partial charge on any atom is -0.497 e. The van der Waals surface area contributed by atoms with E-state index >= 15 is 0 Å². The maximum atomic E-state index is 13.9. The molecule has 1 N–H and O–H groups in total. The van der Waals surface area contributed by atoms with Crippen LogP contribution in [0.1, 0.15) is 51.9 Å². The molecule has 0 spiro atoms. The van der Waals surface area contributed by atoms with E-state index in [2.05, 4.69) is 5.32 Å². The van der Waals surface area contributed by atoms with Crippen molar-refractivity contribution in [3.05, 3.63) is 48.5 Å². The van der Waals surface area contributed by atoms with E-state index in [1.54, 1.807) is 36.4 Å². The third-order valence-corrected chi connectivity index (χ3v) is 8.67. The van der Waals surface area contributed by atoms with Crippen LogP contribution in [0.4, 0.5) is 11.4 Å². The van der Waals surface area contributed by atoms with E-state index in [-0.39, 0.29) is 23.3 Å². The van der Waals surface area contributed by atoms with Crippen molar-refractivity contribution in [2.45, 2.75) is 68.8 Å². The Balaban J connectivity index is 1.69. The van der Waals surface area contributed by atoms with Crippen molar-refractivity contribution >= 4 is 39.1 Å². The first kappa shape index (κ1) is 25.8. The van der Waals surface area contributed by atoms with Crippen LogP contribution in [0.2, 0.25) is 0 Å². The summed E-state index contributed by atoms with van der Waals surface area (Å²) in [6.45, 7) is 1.39. The SMILES string of the molecule is COc1ccc(S(=O)(=O)N(C2CCCCCC2)C2CC(=O)N(c3ccc(NC(C)=O)cc3)C2=O)cc1. The number of imide groups is 1. The van der Waals surface area contributed by atoms with Gasteiger partial charge in [0.1, 0.15) is 11.8 Å². The number of sulfonamides is 1. The molecular weight excluding hydrogens is 482 g/mol. The van der Waals surface area contributed by atoms with E-state index in [1.807, 2.05) is 0 Å². The second kappa shape index (κ2) is 10.8. The number of hydrogen-bond donors (Lipinski definition) is 1. The third kappa shape index (κ3) is 5.29. The molecule has 3 amide bonds. The van der Waals surface area contributed by atoms with E-state index in [4.69, 9.17) is 4.74 Å². The van der Waals surface area contributed by atoms with Crippen LogP contribution in [-0.2, 0) is 24.4 Å². The largest absolute Gasteiger partial charge is 0.497 e. The third-order valence-electron chi connectivity index (χ3n) is 6.70. The summed E-state index contributed by atoms with van der Waals surface area (Å²) in [5.74, 6) is -0.732. The van der Waals surface area contributed by atoms with Crippen LogP contribution < -0.4 is 15.0 Å². The maximum absolute atomic E-state index is 13.9. The molecule has 1 heterocycles. The minimum absolute atomic E-state index is 0.0610. The molecule has 1 aliphatic carbocycles. The molecule has 1 saturated heterocycles. The van der Waals surface area contributed by atoms with E-state index < -0.39 is 27.9 Å².